The van der Waals surface area contributed by atoms with Crippen molar-refractivity contribution in [3.05, 3.63) is 68.9 Å². The van der Waals surface area contributed by atoms with Crippen molar-refractivity contribution in [3.63, 3.8) is 0 Å². The summed E-state index contributed by atoms with van der Waals surface area (Å²) in [6, 6.07) is 12.0. The Morgan fingerprint density at radius 1 is 1.17 bits per heavy atom. The smallest absolute Gasteiger partial charge is 0.137 e. The third-order valence-electron chi connectivity index (χ3n) is 3.83. The van der Waals surface area contributed by atoms with Crippen LogP contribution in [0.3, 0.4) is 0 Å². The lowest BCUT2D eigenvalue weighted by Gasteiger charge is -2.22. The highest BCUT2D eigenvalue weighted by Crippen LogP contribution is 2.37. The van der Waals surface area contributed by atoms with E-state index in [1.807, 2.05) is 24.3 Å². The zero-order valence-electron chi connectivity index (χ0n) is 12.3. The summed E-state index contributed by atoms with van der Waals surface area (Å²) in [5.74, 6) is 0.887. The van der Waals surface area contributed by atoms with Crippen molar-refractivity contribution in [2.75, 3.05) is 10.8 Å². The molecule has 6 heteroatoms. The molecular formula is C17H13BrClN3S. The molecule has 0 N–H and O–H groups in total. The fourth-order valence-electron chi connectivity index (χ4n) is 2.79. The topological polar surface area (TPSA) is 20.5 Å². The van der Waals surface area contributed by atoms with Gasteiger partial charge in [-0.05, 0) is 64.7 Å². The molecule has 3 heterocycles. The molecule has 0 amide bonds. The molecule has 3 aromatic rings. The Kier molecular flexibility index (Phi) is 3.87. The van der Waals surface area contributed by atoms with E-state index in [1.54, 1.807) is 11.8 Å². The molecule has 0 atom stereocenters. The Hall–Kier alpha value is -1.43. The van der Waals surface area contributed by atoms with Gasteiger partial charge in [0.2, 0.25) is 0 Å². The Balaban J connectivity index is 1.84. The molecule has 0 bridgehead atoms. The third-order valence-corrected chi connectivity index (χ3v) is 5.35. The number of aromatic nitrogens is 2. The number of nitrogens with zero attached hydrogens (tertiary/aromatic N) is 3. The summed E-state index contributed by atoms with van der Waals surface area (Å²) < 4.78 is 3.17. The van der Waals surface area contributed by atoms with E-state index in [-0.39, 0.29) is 0 Å². The molecule has 0 fully saturated rings. The zero-order chi connectivity index (χ0) is 16.0. The number of aryl methyl sites for hydroxylation is 1. The summed E-state index contributed by atoms with van der Waals surface area (Å²) in [7, 11) is 0. The Morgan fingerprint density at radius 2 is 1.96 bits per heavy atom. The van der Waals surface area contributed by atoms with E-state index in [2.05, 4.69) is 60.9 Å². The minimum atomic E-state index is 0.751. The Bertz CT molecular complexity index is 917. The SMILES string of the molecule is Cc1nc2ccc(Br)cn2c1C1=CSCN1c1ccc(Cl)cc1. The maximum atomic E-state index is 6.02. The predicted octanol–water partition coefficient (Wildman–Crippen LogP) is 5.57. The number of hydrogen-bond donors (Lipinski definition) is 0. The van der Waals surface area contributed by atoms with Crippen molar-refractivity contribution in [2.45, 2.75) is 6.92 Å². The van der Waals surface area contributed by atoms with E-state index in [4.69, 9.17) is 11.6 Å². The molecule has 1 aromatic carbocycles. The summed E-state index contributed by atoms with van der Waals surface area (Å²) in [6.07, 6.45) is 2.06. The summed E-state index contributed by atoms with van der Waals surface area (Å²) in [4.78, 5) is 6.98. The standard InChI is InChI=1S/C17H13BrClN3S/c1-11-17(21-8-12(18)2-7-16(21)20-11)15-9-23-10-22(15)14-5-3-13(19)4-6-14/h2-9H,10H2,1H3. The van der Waals surface area contributed by atoms with Crippen LogP contribution in [0.15, 0.2) is 52.5 Å². The fraction of sp³-hybridized carbons (Fsp3) is 0.118. The first kappa shape index (κ1) is 15.1. The van der Waals surface area contributed by atoms with Gasteiger partial charge in [-0.15, -0.1) is 11.8 Å². The van der Waals surface area contributed by atoms with E-state index in [1.165, 1.54) is 5.70 Å². The van der Waals surface area contributed by atoms with Gasteiger partial charge in [-0.25, -0.2) is 4.98 Å². The molecule has 0 spiro atoms. The Morgan fingerprint density at radius 3 is 2.74 bits per heavy atom. The van der Waals surface area contributed by atoms with Crippen LogP contribution in [-0.4, -0.2) is 15.3 Å². The van der Waals surface area contributed by atoms with Crippen LogP contribution in [0.5, 0.6) is 0 Å². The van der Waals surface area contributed by atoms with Gasteiger partial charge in [0, 0.05) is 21.4 Å². The van der Waals surface area contributed by atoms with Crippen LogP contribution in [0.2, 0.25) is 5.02 Å². The van der Waals surface area contributed by atoms with Crippen molar-refractivity contribution in [1.82, 2.24) is 9.38 Å². The molecule has 4 rings (SSSR count). The second-order valence-corrected chi connectivity index (χ2v) is 7.50. The molecule has 0 aliphatic carbocycles. The number of anilines is 1. The lowest BCUT2D eigenvalue weighted by Crippen LogP contribution is -2.18. The van der Waals surface area contributed by atoms with Crippen LogP contribution in [0.25, 0.3) is 11.3 Å². The van der Waals surface area contributed by atoms with Crippen LogP contribution in [-0.2, 0) is 0 Å². The van der Waals surface area contributed by atoms with E-state index < -0.39 is 0 Å². The van der Waals surface area contributed by atoms with Crippen LogP contribution < -0.4 is 4.90 Å². The highest BCUT2D eigenvalue weighted by molar-refractivity contribution is 9.10. The van der Waals surface area contributed by atoms with Gasteiger partial charge in [0.1, 0.15) is 5.65 Å². The summed E-state index contributed by atoms with van der Waals surface area (Å²) in [5, 5.41) is 2.95. The van der Waals surface area contributed by atoms with Gasteiger partial charge in [-0.1, -0.05) is 11.6 Å². The average Bonchev–Trinajstić information content (AvgIpc) is 3.11. The monoisotopic (exact) mass is 405 g/mol. The number of benzene rings is 1. The number of halogens is 2. The number of fused-ring (bicyclic) bond motifs is 1. The van der Waals surface area contributed by atoms with E-state index in [0.29, 0.717) is 0 Å². The van der Waals surface area contributed by atoms with Gasteiger partial charge in [0.05, 0.1) is 23.0 Å². The average molecular weight is 407 g/mol. The molecule has 0 saturated heterocycles. The highest BCUT2D eigenvalue weighted by atomic mass is 79.9. The van der Waals surface area contributed by atoms with Crippen LogP contribution in [0.1, 0.15) is 11.4 Å². The van der Waals surface area contributed by atoms with E-state index in [0.717, 1.165) is 38.1 Å². The number of hydrogen-bond acceptors (Lipinski definition) is 3. The first-order valence-corrected chi connectivity index (χ1v) is 9.35. The predicted molar refractivity (Wildman–Crippen MR) is 102 cm³/mol. The van der Waals surface area contributed by atoms with Crippen molar-refractivity contribution >= 4 is 56.3 Å². The lowest BCUT2D eigenvalue weighted by atomic mass is 10.2. The van der Waals surface area contributed by atoms with Crippen LogP contribution >= 0.6 is 39.3 Å². The largest absolute Gasteiger partial charge is 0.329 e. The zero-order valence-corrected chi connectivity index (χ0v) is 15.5. The molecular weight excluding hydrogens is 394 g/mol. The number of rotatable bonds is 2. The molecule has 116 valence electrons. The maximum absolute atomic E-state index is 6.02. The van der Waals surface area contributed by atoms with Crippen molar-refractivity contribution in [2.24, 2.45) is 0 Å². The minimum absolute atomic E-state index is 0.751. The summed E-state index contributed by atoms with van der Waals surface area (Å²) >= 11 is 11.4. The van der Waals surface area contributed by atoms with Crippen molar-refractivity contribution < 1.29 is 0 Å². The summed E-state index contributed by atoms with van der Waals surface area (Å²) in [6.45, 7) is 2.06. The minimum Gasteiger partial charge on any atom is -0.329 e. The normalized spacial score (nSPS) is 14.6. The van der Waals surface area contributed by atoms with Gasteiger partial charge in [0.15, 0.2) is 0 Å². The van der Waals surface area contributed by atoms with Crippen LogP contribution in [0, 0.1) is 6.92 Å². The second-order valence-electron chi connectivity index (χ2n) is 5.32. The van der Waals surface area contributed by atoms with Gasteiger partial charge >= 0.3 is 0 Å². The quantitative estimate of drug-likeness (QED) is 0.555. The van der Waals surface area contributed by atoms with Gasteiger partial charge in [-0.3, -0.25) is 4.40 Å². The molecule has 0 unspecified atom stereocenters. The molecule has 1 aliphatic rings. The third kappa shape index (κ3) is 2.67. The highest BCUT2D eigenvalue weighted by Gasteiger charge is 2.24. The molecule has 1 aliphatic heterocycles. The van der Waals surface area contributed by atoms with E-state index >= 15 is 0 Å². The van der Waals surface area contributed by atoms with Crippen molar-refractivity contribution in [1.29, 1.82) is 0 Å². The fourth-order valence-corrected chi connectivity index (χ4v) is 4.16. The van der Waals surface area contributed by atoms with Crippen molar-refractivity contribution in [3.8, 4) is 0 Å². The Labute approximate surface area is 152 Å². The maximum Gasteiger partial charge on any atom is 0.137 e. The summed E-state index contributed by atoms with van der Waals surface area (Å²) in [5.41, 5.74) is 5.40. The van der Waals surface area contributed by atoms with Crippen LogP contribution in [0.4, 0.5) is 5.69 Å². The van der Waals surface area contributed by atoms with Gasteiger partial charge in [-0.2, -0.15) is 0 Å². The van der Waals surface area contributed by atoms with Gasteiger partial charge in [0.25, 0.3) is 0 Å². The molecule has 0 radical (unpaired) electrons. The number of imidazole rings is 1. The molecule has 2 aromatic heterocycles. The van der Waals surface area contributed by atoms with E-state index in [9.17, 15) is 0 Å². The number of pyridine rings is 1. The molecule has 3 nitrogen and oxygen atoms in total. The van der Waals surface area contributed by atoms with Gasteiger partial charge < -0.3 is 4.90 Å². The number of thioether (sulfide) groups is 1. The molecule has 23 heavy (non-hydrogen) atoms. The second kappa shape index (κ2) is 5.89. The molecule has 0 saturated carbocycles. The first-order valence-electron chi connectivity index (χ1n) is 7.13. The first-order chi connectivity index (χ1) is 11.1. The lowest BCUT2D eigenvalue weighted by molar-refractivity contribution is 1.10.